The van der Waals surface area contributed by atoms with E-state index < -0.39 is 57.6 Å². The molecule has 0 spiro atoms. The molecular weight excluding hydrogens is 576 g/mol. The van der Waals surface area contributed by atoms with Gasteiger partial charge in [0.2, 0.25) is 23.2 Å². The summed E-state index contributed by atoms with van der Waals surface area (Å²) in [6, 6.07) is 6.38. The molecule has 0 bridgehead atoms. The third-order valence-electron chi connectivity index (χ3n) is 7.82. The summed E-state index contributed by atoms with van der Waals surface area (Å²) in [5, 5.41) is 17.8. The Kier molecular flexibility index (Phi) is 11.7. The first-order chi connectivity index (χ1) is 19.6. The molecule has 1 aliphatic carbocycles. The molecule has 0 aromatic heterocycles. The summed E-state index contributed by atoms with van der Waals surface area (Å²) in [5.74, 6) is -5.12. The zero-order valence-electron chi connectivity index (χ0n) is 23.8. The Hall–Kier alpha value is -2.84. The van der Waals surface area contributed by atoms with Crippen LogP contribution in [0, 0.1) is 17.8 Å². The van der Waals surface area contributed by atoms with Crippen molar-refractivity contribution in [1.29, 1.82) is 0 Å². The second-order valence-electron chi connectivity index (χ2n) is 11.7. The van der Waals surface area contributed by atoms with Gasteiger partial charge < -0.3 is 25.8 Å². The lowest BCUT2D eigenvalue weighted by Crippen LogP contribution is -2.55. The highest BCUT2D eigenvalue weighted by Gasteiger charge is 2.40. The molecule has 14 heteroatoms. The van der Waals surface area contributed by atoms with Gasteiger partial charge in [-0.1, -0.05) is 44.2 Å². The van der Waals surface area contributed by atoms with E-state index >= 15 is 0 Å². The van der Waals surface area contributed by atoms with Crippen LogP contribution in [0.15, 0.2) is 30.3 Å². The van der Waals surface area contributed by atoms with Crippen molar-refractivity contribution in [1.82, 2.24) is 16.0 Å². The Morgan fingerprint density at radius 2 is 1.76 bits per heavy atom. The minimum Gasteiger partial charge on any atom is -0.446 e. The summed E-state index contributed by atoms with van der Waals surface area (Å²) >= 11 is 0. The van der Waals surface area contributed by atoms with E-state index in [0.717, 1.165) is 5.56 Å². The highest BCUT2D eigenvalue weighted by molar-refractivity contribution is 7.86. The van der Waals surface area contributed by atoms with Crippen molar-refractivity contribution in [3.8, 4) is 0 Å². The zero-order valence-corrected chi connectivity index (χ0v) is 24.6. The van der Waals surface area contributed by atoms with Crippen LogP contribution in [-0.4, -0.2) is 72.1 Å². The maximum Gasteiger partial charge on any atom is 0.408 e. The molecule has 2 aliphatic rings. The fraction of sp³-hybridized carbons (Fsp3) is 0.679. The number of nitrogens with one attached hydrogen (secondary N) is 3. The van der Waals surface area contributed by atoms with E-state index in [-0.39, 0.29) is 62.7 Å². The molecule has 5 atom stereocenters. The van der Waals surface area contributed by atoms with Gasteiger partial charge in [-0.05, 0) is 49.5 Å². The van der Waals surface area contributed by atoms with Crippen molar-refractivity contribution >= 4 is 28.0 Å². The van der Waals surface area contributed by atoms with Gasteiger partial charge in [-0.25, -0.2) is 13.6 Å². The molecule has 3 amide bonds. The summed E-state index contributed by atoms with van der Waals surface area (Å²) in [4.78, 5) is 38.5. The highest BCUT2D eigenvalue weighted by Crippen LogP contribution is 2.39. The van der Waals surface area contributed by atoms with E-state index in [1.807, 2.05) is 30.3 Å². The van der Waals surface area contributed by atoms with Crippen molar-refractivity contribution < 1.29 is 46.0 Å². The van der Waals surface area contributed by atoms with Crippen LogP contribution in [0.25, 0.3) is 0 Å². The van der Waals surface area contributed by atoms with Crippen LogP contribution in [0.5, 0.6) is 0 Å². The molecule has 3 rings (SSSR count). The van der Waals surface area contributed by atoms with Crippen LogP contribution in [0.2, 0.25) is 0 Å². The molecule has 1 aromatic rings. The standard InChI is InChI=1S/C28H41F2N3O8S/c1-17(2)14-21(25(35)32-22(26(36)42(38,39)40)16-20-10-13-31-24(20)34)33-27(37)41-23(15-18-6-4-3-5-7-18)19-8-11-28(29,30)12-9-19/h3-7,17,19-23,26,36H,8-16H2,1-2H3,(H,31,34)(H,32,35)(H,33,37)(H,38,39,40)/t20-,21?,22?,23?,26?/m0/s1. The average molecular weight is 618 g/mol. The largest absolute Gasteiger partial charge is 0.446 e. The lowest BCUT2D eigenvalue weighted by atomic mass is 9.81. The van der Waals surface area contributed by atoms with Gasteiger partial charge in [0.25, 0.3) is 10.1 Å². The highest BCUT2D eigenvalue weighted by atomic mass is 32.2. The minimum atomic E-state index is -5.00. The van der Waals surface area contributed by atoms with E-state index in [2.05, 4.69) is 16.0 Å². The average Bonchev–Trinajstić information content (AvgIpc) is 3.30. The Labute approximate surface area is 244 Å². The van der Waals surface area contributed by atoms with Crippen molar-refractivity contribution in [2.45, 2.75) is 94.8 Å². The number of alkyl halides is 2. The first-order valence-corrected chi connectivity index (χ1v) is 15.8. The summed E-state index contributed by atoms with van der Waals surface area (Å²) in [5.41, 5.74) is -1.55. The number of rotatable bonds is 13. The van der Waals surface area contributed by atoms with E-state index in [1.165, 1.54) is 0 Å². The summed E-state index contributed by atoms with van der Waals surface area (Å²) in [6.45, 7) is 3.93. The van der Waals surface area contributed by atoms with E-state index in [0.29, 0.717) is 13.0 Å². The summed E-state index contributed by atoms with van der Waals surface area (Å²) < 4.78 is 66.3. The molecule has 1 saturated carbocycles. The number of halogens is 2. The molecule has 236 valence electrons. The van der Waals surface area contributed by atoms with E-state index in [1.54, 1.807) is 13.8 Å². The number of carbonyl (C=O) groups excluding carboxylic acids is 3. The lowest BCUT2D eigenvalue weighted by Gasteiger charge is -2.34. The van der Waals surface area contributed by atoms with Crippen LogP contribution >= 0.6 is 0 Å². The Balaban J connectivity index is 1.74. The Morgan fingerprint density at radius 1 is 1.12 bits per heavy atom. The van der Waals surface area contributed by atoms with Gasteiger partial charge >= 0.3 is 6.09 Å². The molecule has 0 radical (unpaired) electrons. The van der Waals surface area contributed by atoms with Crippen LogP contribution < -0.4 is 16.0 Å². The van der Waals surface area contributed by atoms with Crippen molar-refractivity contribution in [3.05, 3.63) is 35.9 Å². The first-order valence-electron chi connectivity index (χ1n) is 14.3. The van der Waals surface area contributed by atoms with Gasteiger partial charge in [-0.2, -0.15) is 8.42 Å². The number of aliphatic hydroxyl groups is 1. The van der Waals surface area contributed by atoms with E-state index in [4.69, 9.17) is 4.74 Å². The van der Waals surface area contributed by atoms with E-state index in [9.17, 15) is 41.2 Å². The molecule has 11 nitrogen and oxygen atoms in total. The fourth-order valence-corrected chi connectivity index (χ4v) is 6.11. The van der Waals surface area contributed by atoms with Gasteiger partial charge in [0.15, 0.2) is 0 Å². The minimum absolute atomic E-state index is 0.110. The van der Waals surface area contributed by atoms with Crippen LogP contribution in [0.4, 0.5) is 13.6 Å². The molecule has 1 saturated heterocycles. The van der Waals surface area contributed by atoms with Crippen LogP contribution in [-0.2, 0) is 30.9 Å². The van der Waals surface area contributed by atoms with Crippen LogP contribution in [0.1, 0.15) is 64.4 Å². The molecule has 1 aliphatic heterocycles. The molecule has 5 N–H and O–H groups in total. The fourth-order valence-electron chi connectivity index (χ4n) is 5.52. The third kappa shape index (κ3) is 10.2. The Bertz CT molecular complexity index is 1170. The molecule has 4 unspecified atom stereocenters. The number of amides is 3. The summed E-state index contributed by atoms with van der Waals surface area (Å²) in [7, 11) is -5.00. The predicted octanol–water partition coefficient (Wildman–Crippen LogP) is 2.78. The number of aliphatic hydroxyl groups excluding tert-OH is 1. The molecular formula is C28H41F2N3O8S. The number of ether oxygens (including phenoxy) is 1. The smallest absolute Gasteiger partial charge is 0.408 e. The second-order valence-corrected chi connectivity index (χ2v) is 13.2. The molecule has 1 aromatic carbocycles. The number of hydrogen-bond acceptors (Lipinski definition) is 7. The molecule has 2 fully saturated rings. The number of hydrogen-bond donors (Lipinski definition) is 5. The number of alkyl carbamates (subject to hydrolysis) is 1. The number of carbonyl (C=O) groups is 3. The first kappa shape index (κ1) is 33.7. The predicted molar refractivity (Wildman–Crippen MR) is 149 cm³/mol. The van der Waals surface area contributed by atoms with Gasteiger partial charge in [0, 0.05) is 31.7 Å². The number of benzene rings is 1. The zero-order chi connectivity index (χ0) is 31.1. The monoisotopic (exact) mass is 617 g/mol. The van der Waals surface area contributed by atoms with Gasteiger partial charge in [-0.3, -0.25) is 14.1 Å². The lowest BCUT2D eigenvalue weighted by molar-refractivity contribution is -0.126. The van der Waals surface area contributed by atoms with Gasteiger partial charge in [0.1, 0.15) is 12.1 Å². The normalized spacial score (nSPS) is 22.1. The van der Waals surface area contributed by atoms with Crippen molar-refractivity contribution in [2.24, 2.45) is 17.8 Å². The van der Waals surface area contributed by atoms with Gasteiger partial charge in [-0.15, -0.1) is 0 Å². The maximum atomic E-state index is 13.8. The topological polar surface area (TPSA) is 171 Å². The van der Waals surface area contributed by atoms with Crippen molar-refractivity contribution in [3.63, 3.8) is 0 Å². The third-order valence-corrected chi connectivity index (χ3v) is 8.76. The quantitative estimate of drug-likeness (QED) is 0.210. The summed E-state index contributed by atoms with van der Waals surface area (Å²) in [6.07, 6.45) is -1.50. The molecule has 42 heavy (non-hydrogen) atoms. The Morgan fingerprint density at radius 3 is 2.31 bits per heavy atom. The second kappa shape index (κ2) is 14.6. The van der Waals surface area contributed by atoms with Gasteiger partial charge in [0.05, 0.1) is 6.04 Å². The molecule has 1 heterocycles. The van der Waals surface area contributed by atoms with Crippen molar-refractivity contribution in [2.75, 3.05) is 6.54 Å². The van der Waals surface area contributed by atoms with Crippen LogP contribution in [0.3, 0.4) is 0 Å². The maximum absolute atomic E-state index is 13.8. The SMILES string of the molecule is CC(C)CC(NC(=O)OC(Cc1ccccc1)C1CCC(F)(F)CC1)C(=O)NC(C[C@@H]1CCNC1=O)C(O)S(=O)(=O)O.